The molecule has 106 valence electrons. The Morgan fingerprint density at radius 1 is 1.14 bits per heavy atom. The number of hydrogen-bond acceptors (Lipinski definition) is 4. The van der Waals surface area contributed by atoms with E-state index in [2.05, 4.69) is 20.5 Å². The van der Waals surface area contributed by atoms with Crippen molar-refractivity contribution >= 4 is 5.69 Å². The molecule has 0 aliphatic rings. The van der Waals surface area contributed by atoms with Gasteiger partial charge in [0.25, 0.3) is 0 Å². The van der Waals surface area contributed by atoms with Gasteiger partial charge in [0.05, 0.1) is 17.9 Å². The largest absolute Gasteiger partial charge is 0.378 e. The van der Waals surface area contributed by atoms with Crippen molar-refractivity contribution in [1.82, 2.24) is 19.7 Å². The van der Waals surface area contributed by atoms with E-state index < -0.39 is 0 Å². The molecule has 2 heterocycles. The Morgan fingerprint density at radius 2 is 1.95 bits per heavy atom. The van der Waals surface area contributed by atoms with Crippen LogP contribution >= 0.6 is 0 Å². The molecule has 0 saturated carbocycles. The standard InChI is InChI=1S/C15H14FN5/c1-11(12-5-13(16)8-17-7-12)20-14-3-2-4-15(6-14)21-9-18-19-10-21/h2-11,20H,1H3. The van der Waals surface area contributed by atoms with E-state index in [9.17, 15) is 4.39 Å². The first kappa shape index (κ1) is 13.2. The van der Waals surface area contributed by atoms with Crippen LogP contribution in [0.15, 0.2) is 55.4 Å². The summed E-state index contributed by atoms with van der Waals surface area (Å²) >= 11 is 0. The van der Waals surface area contributed by atoms with Crippen molar-refractivity contribution in [3.05, 3.63) is 66.8 Å². The number of nitrogens with zero attached hydrogens (tertiary/aromatic N) is 4. The fourth-order valence-corrected chi connectivity index (χ4v) is 2.09. The molecule has 0 saturated heterocycles. The zero-order chi connectivity index (χ0) is 14.7. The van der Waals surface area contributed by atoms with Crippen LogP contribution in [0.4, 0.5) is 10.1 Å². The summed E-state index contributed by atoms with van der Waals surface area (Å²) in [5.41, 5.74) is 2.68. The summed E-state index contributed by atoms with van der Waals surface area (Å²) in [6.07, 6.45) is 6.13. The maximum atomic E-state index is 13.2. The van der Waals surface area contributed by atoms with E-state index in [1.54, 1.807) is 18.9 Å². The zero-order valence-corrected chi connectivity index (χ0v) is 11.4. The van der Waals surface area contributed by atoms with E-state index in [0.717, 1.165) is 16.9 Å². The van der Waals surface area contributed by atoms with E-state index in [1.807, 2.05) is 35.8 Å². The molecule has 0 aliphatic carbocycles. The number of pyridine rings is 1. The molecule has 0 fully saturated rings. The van der Waals surface area contributed by atoms with Gasteiger partial charge in [0.15, 0.2) is 0 Å². The number of hydrogen-bond donors (Lipinski definition) is 1. The van der Waals surface area contributed by atoms with Gasteiger partial charge in [-0.25, -0.2) is 4.39 Å². The Kier molecular flexibility index (Phi) is 3.59. The molecular formula is C15H14FN5. The average molecular weight is 283 g/mol. The van der Waals surface area contributed by atoms with Gasteiger partial charge in [0, 0.05) is 11.9 Å². The molecule has 0 radical (unpaired) electrons. The highest BCUT2D eigenvalue weighted by atomic mass is 19.1. The van der Waals surface area contributed by atoms with Gasteiger partial charge in [0.1, 0.15) is 18.5 Å². The molecular weight excluding hydrogens is 269 g/mol. The highest BCUT2D eigenvalue weighted by Crippen LogP contribution is 2.21. The highest BCUT2D eigenvalue weighted by Gasteiger charge is 2.07. The van der Waals surface area contributed by atoms with Gasteiger partial charge >= 0.3 is 0 Å². The summed E-state index contributed by atoms with van der Waals surface area (Å²) in [6.45, 7) is 1.96. The third kappa shape index (κ3) is 3.05. The Morgan fingerprint density at radius 3 is 2.71 bits per heavy atom. The number of aromatic nitrogens is 4. The van der Waals surface area contributed by atoms with Crippen LogP contribution in [-0.4, -0.2) is 19.7 Å². The molecule has 3 rings (SSSR count). The van der Waals surface area contributed by atoms with Crippen LogP contribution in [-0.2, 0) is 0 Å². The van der Waals surface area contributed by atoms with Gasteiger partial charge < -0.3 is 5.32 Å². The summed E-state index contributed by atoms with van der Waals surface area (Å²) in [4.78, 5) is 3.87. The van der Waals surface area contributed by atoms with Crippen LogP contribution in [0.3, 0.4) is 0 Å². The molecule has 0 spiro atoms. The second-order valence-corrected chi connectivity index (χ2v) is 4.72. The van der Waals surface area contributed by atoms with Crippen LogP contribution in [0.2, 0.25) is 0 Å². The van der Waals surface area contributed by atoms with Crippen molar-refractivity contribution < 1.29 is 4.39 Å². The lowest BCUT2D eigenvalue weighted by Gasteiger charge is -2.16. The van der Waals surface area contributed by atoms with Crippen molar-refractivity contribution in [1.29, 1.82) is 0 Å². The van der Waals surface area contributed by atoms with E-state index in [0.29, 0.717) is 0 Å². The first-order valence-corrected chi connectivity index (χ1v) is 6.54. The molecule has 6 heteroatoms. The number of rotatable bonds is 4. The summed E-state index contributed by atoms with van der Waals surface area (Å²) in [5, 5.41) is 10.9. The van der Waals surface area contributed by atoms with Gasteiger partial charge in [-0.05, 0) is 36.8 Å². The van der Waals surface area contributed by atoms with Crippen LogP contribution in [0.25, 0.3) is 5.69 Å². The fraction of sp³-hybridized carbons (Fsp3) is 0.133. The van der Waals surface area contributed by atoms with Crippen molar-refractivity contribution in [3.8, 4) is 5.69 Å². The Bertz CT molecular complexity index is 726. The molecule has 0 amide bonds. The second kappa shape index (κ2) is 5.70. The minimum Gasteiger partial charge on any atom is -0.378 e. The Labute approximate surface area is 121 Å². The van der Waals surface area contributed by atoms with Crippen molar-refractivity contribution in [2.24, 2.45) is 0 Å². The maximum absolute atomic E-state index is 13.2. The van der Waals surface area contributed by atoms with Crippen LogP contribution in [0.5, 0.6) is 0 Å². The van der Waals surface area contributed by atoms with E-state index in [4.69, 9.17) is 0 Å². The molecule has 1 aromatic carbocycles. The summed E-state index contributed by atoms with van der Waals surface area (Å²) < 4.78 is 15.0. The van der Waals surface area contributed by atoms with Gasteiger partial charge in [-0.15, -0.1) is 10.2 Å². The van der Waals surface area contributed by atoms with Crippen molar-refractivity contribution in [2.75, 3.05) is 5.32 Å². The van der Waals surface area contributed by atoms with Crippen LogP contribution in [0, 0.1) is 5.82 Å². The number of benzene rings is 1. The molecule has 0 bridgehead atoms. The number of halogens is 1. The first-order valence-electron chi connectivity index (χ1n) is 6.54. The Balaban J connectivity index is 1.80. The van der Waals surface area contributed by atoms with Gasteiger partial charge in [-0.3, -0.25) is 9.55 Å². The molecule has 3 aromatic rings. The lowest BCUT2D eigenvalue weighted by Crippen LogP contribution is -2.07. The minimum absolute atomic E-state index is 0.0515. The topological polar surface area (TPSA) is 55.6 Å². The quantitative estimate of drug-likeness (QED) is 0.799. The molecule has 5 nitrogen and oxygen atoms in total. The highest BCUT2D eigenvalue weighted by molar-refractivity contribution is 5.52. The van der Waals surface area contributed by atoms with Crippen LogP contribution in [0.1, 0.15) is 18.5 Å². The van der Waals surface area contributed by atoms with Gasteiger partial charge in [-0.1, -0.05) is 6.07 Å². The first-order chi connectivity index (χ1) is 10.2. The maximum Gasteiger partial charge on any atom is 0.141 e. The van der Waals surface area contributed by atoms with E-state index in [-0.39, 0.29) is 11.9 Å². The summed E-state index contributed by atoms with van der Waals surface area (Å²) in [6, 6.07) is 9.26. The summed E-state index contributed by atoms with van der Waals surface area (Å²) in [5.74, 6) is -0.334. The van der Waals surface area contributed by atoms with Crippen LogP contribution < -0.4 is 5.32 Å². The molecule has 2 aromatic heterocycles. The molecule has 1 N–H and O–H groups in total. The third-order valence-corrected chi connectivity index (χ3v) is 3.17. The lowest BCUT2D eigenvalue weighted by molar-refractivity contribution is 0.616. The normalized spacial score (nSPS) is 12.1. The fourth-order valence-electron chi connectivity index (χ4n) is 2.09. The molecule has 0 aliphatic heterocycles. The van der Waals surface area contributed by atoms with Crippen molar-refractivity contribution in [3.63, 3.8) is 0 Å². The lowest BCUT2D eigenvalue weighted by atomic mass is 10.1. The SMILES string of the molecule is CC(Nc1cccc(-n2cnnc2)c1)c1cncc(F)c1. The second-order valence-electron chi connectivity index (χ2n) is 4.72. The van der Waals surface area contributed by atoms with Gasteiger partial charge in [-0.2, -0.15) is 0 Å². The molecule has 1 atom stereocenters. The van der Waals surface area contributed by atoms with E-state index >= 15 is 0 Å². The minimum atomic E-state index is -0.334. The average Bonchev–Trinajstić information content (AvgIpc) is 3.02. The predicted octanol–water partition coefficient (Wildman–Crippen LogP) is 2.97. The number of nitrogens with one attached hydrogen (secondary N) is 1. The summed E-state index contributed by atoms with van der Waals surface area (Å²) in [7, 11) is 0. The molecule has 21 heavy (non-hydrogen) atoms. The molecule has 1 unspecified atom stereocenters. The predicted molar refractivity (Wildman–Crippen MR) is 77.6 cm³/mol. The number of anilines is 1. The van der Waals surface area contributed by atoms with E-state index in [1.165, 1.54) is 12.3 Å². The van der Waals surface area contributed by atoms with Gasteiger partial charge in [0.2, 0.25) is 0 Å². The zero-order valence-electron chi connectivity index (χ0n) is 11.4. The Hall–Kier alpha value is -2.76. The monoisotopic (exact) mass is 283 g/mol. The smallest absolute Gasteiger partial charge is 0.141 e. The van der Waals surface area contributed by atoms with Crippen molar-refractivity contribution in [2.45, 2.75) is 13.0 Å². The third-order valence-electron chi connectivity index (χ3n) is 3.17.